The van der Waals surface area contributed by atoms with Gasteiger partial charge >= 0.3 is 10.2 Å². The molecular weight excluding hydrogens is 454 g/mol. The van der Waals surface area contributed by atoms with Gasteiger partial charge in [0.05, 0.1) is 6.61 Å². The number of rotatable bonds is 10. The third kappa shape index (κ3) is 6.01. The van der Waals surface area contributed by atoms with Gasteiger partial charge < -0.3 is 14.9 Å². The molecule has 1 fully saturated rings. The van der Waals surface area contributed by atoms with Gasteiger partial charge in [-0.25, -0.2) is 13.8 Å². The van der Waals surface area contributed by atoms with E-state index in [9.17, 15) is 22.3 Å². The number of aromatic nitrogens is 2. The lowest BCUT2D eigenvalue weighted by molar-refractivity contribution is 0.00599. The predicted molar refractivity (Wildman–Crippen MR) is 110 cm³/mol. The number of ether oxygens (including phenoxy) is 1. The molecule has 0 spiro atoms. The van der Waals surface area contributed by atoms with Crippen LogP contribution in [0.5, 0.6) is 5.88 Å². The van der Waals surface area contributed by atoms with Gasteiger partial charge in [-0.15, -0.1) is 0 Å². The molecule has 0 amide bonds. The molecule has 9 nitrogen and oxygen atoms in total. The number of nitrogens with one attached hydrogen (secondary N) is 1. The predicted octanol–water partition coefficient (Wildman–Crippen LogP) is 1.53. The smallest absolute Gasteiger partial charge is 0.302 e. The van der Waals surface area contributed by atoms with Gasteiger partial charge in [0.1, 0.15) is 18.0 Å². The molecule has 2 heterocycles. The van der Waals surface area contributed by atoms with Crippen LogP contribution in [0.3, 0.4) is 0 Å². The van der Waals surface area contributed by atoms with Gasteiger partial charge in [-0.2, -0.15) is 17.7 Å². The zero-order valence-electron chi connectivity index (χ0n) is 16.5. The molecule has 0 saturated carbocycles. The Kier molecular flexibility index (Phi) is 7.64. The van der Waals surface area contributed by atoms with E-state index in [-0.39, 0.29) is 28.2 Å². The number of benzene rings is 1. The van der Waals surface area contributed by atoms with Gasteiger partial charge in [0, 0.05) is 30.5 Å². The first-order chi connectivity index (χ1) is 14.7. The van der Waals surface area contributed by atoms with Crippen LogP contribution in [0.2, 0.25) is 0 Å². The molecule has 1 aliphatic heterocycles. The molecule has 3 N–H and O–H groups in total. The Bertz CT molecular complexity index is 1020. The maximum atomic E-state index is 13.9. The lowest BCUT2D eigenvalue weighted by Gasteiger charge is -2.29. The summed E-state index contributed by atoms with van der Waals surface area (Å²) in [7, 11) is -3.81. The van der Waals surface area contributed by atoms with Crippen molar-refractivity contribution in [2.24, 2.45) is 0 Å². The summed E-state index contributed by atoms with van der Waals surface area (Å²) in [6.07, 6.45) is -1.28. The second kappa shape index (κ2) is 10.0. The number of aliphatic hydroxyl groups is 2. The summed E-state index contributed by atoms with van der Waals surface area (Å²) in [6, 6.07) is 5.04. The molecule has 1 aromatic carbocycles. The molecule has 0 radical (unpaired) electrons. The third-order valence-electron chi connectivity index (χ3n) is 4.49. The maximum absolute atomic E-state index is 13.9. The van der Waals surface area contributed by atoms with Crippen molar-refractivity contribution in [3.8, 4) is 5.88 Å². The fourth-order valence-corrected chi connectivity index (χ4v) is 4.59. The molecule has 1 saturated heterocycles. The summed E-state index contributed by atoms with van der Waals surface area (Å²) in [4.78, 5) is 8.26. The molecule has 2 atom stereocenters. The van der Waals surface area contributed by atoms with Gasteiger partial charge in [-0.3, -0.25) is 4.72 Å². The van der Waals surface area contributed by atoms with E-state index in [4.69, 9.17) is 9.84 Å². The third-order valence-corrected chi connectivity index (χ3v) is 6.90. The Hall–Kier alpha value is -2.06. The Morgan fingerprint density at radius 1 is 1.32 bits per heavy atom. The first-order valence-electron chi connectivity index (χ1n) is 9.38. The van der Waals surface area contributed by atoms with Crippen LogP contribution < -0.4 is 9.46 Å². The van der Waals surface area contributed by atoms with E-state index in [0.29, 0.717) is 13.1 Å². The van der Waals surface area contributed by atoms with Crippen LogP contribution in [-0.2, 0) is 16.0 Å². The number of halogens is 2. The summed E-state index contributed by atoms with van der Waals surface area (Å²) in [6.45, 7) is 1.75. The van der Waals surface area contributed by atoms with E-state index in [0.717, 1.165) is 24.2 Å². The van der Waals surface area contributed by atoms with Crippen molar-refractivity contribution >= 4 is 27.8 Å². The molecule has 0 aliphatic carbocycles. The van der Waals surface area contributed by atoms with Crippen LogP contribution in [0.4, 0.5) is 14.6 Å². The Morgan fingerprint density at radius 2 is 2.06 bits per heavy atom. The van der Waals surface area contributed by atoms with Crippen molar-refractivity contribution in [3.63, 3.8) is 0 Å². The number of thioether (sulfide) groups is 1. The Labute approximate surface area is 182 Å². The van der Waals surface area contributed by atoms with Gasteiger partial charge in [0.25, 0.3) is 0 Å². The van der Waals surface area contributed by atoms with E-state index in [2.05, 4.69) is 14.7 Å². The normalized spacial score (nSPS) is 16.4. The average molecular weight is 477 g/mol. The zero-order chi connectivity index (χ0) is 22.6. The monoisotopic (exact) mass is 476 g/mol. The van der Waals surface area contributed by atoms with Crippen molar-refractivity contribution in [2.75, 3.05) is 24.4 Å². The van der Waals surface area contributed by atoms with E-state index < -0.39 is 40.7 Å². The molecule has 0 bridgehead atoms. The number of anilines is 1. The van der Waals surface area contributed by atoms with E-state index >= 15 is 0 Å². The second-order valence-electron chi connectivity index (χ2n) is 6.81. The number of aliphatic hydroxyl groups excluding tert-OH is 2. The summed E-state index contributed by atoms with van der Waals surface area (Å²) in [5.74, 6) is -2.12. The fourth-order valence-electron chi connectivity index (χ4n) is 2.52. The van der Waals surface area contributed by atoms with Crippen molar-refractivity contribution in [3.05, 3.63) is 41.5 Å². The molecule has 2 aromatic rings. The minimum Gasteiger partial charge on any atom is -0.472 e. The van der Waals surface area contributed by atoms with Gasteiger partial charge in [0.2, 0.25) is 5.88 Å². The van der Waals surface area contributed by atoms with Gasteiger partial charge in [-0.05, 0) is 19.4 Å². The molecule has 31 heavy (non-hydrogen) atoms. The highest BCUT2D eigenvalue weighted by Gasteiger charge is 2.28. The number of hydrogen-bond donors (Lipinski definition) is 3. The van der Waals surface area contributed by atoms with Crippen LogP contribution in [0.1, 0.15) is 18.9 Å². The quantitative estimate of drug-likeness (QED) is 0.348. The van der Waals surface area contributed by atoms with Crippen LogP contribution in [0, 0.1) is 11.6 Å². The summed E-state index contributed by atoms with van der Waals surface area (Å²) in [5.41, 5.74) is 0.0895. The van der Waals surface area contributed by atoms with E-state index in [1.165, 1.54) is 29.4 Å². The molecular formula is C18H22F2N4O5S2. The van der Waals surface area contributed by atoms with Crippen LogP contribution in [0.25, 0.3) is 0 Å². The summed E-state index contributed by atoms with van der Waals surface area (Å²) in [5, 5.41) is 18.8. The Morgan fingerprint density at radius 3 is 2.71 bits per heavy atom. The van der Waals surface area contributed by atoms with Crippen molar-refractivity contribution in [1.82, 2.24) is 14.3 Å². The SMILES string of the molecule is C[C@@H](Oc1cc(NS(=O)(=O)N2CCC2)nc(SCc2cccc(F)c2F)n1)C(O)CO. The number of nitrogens with zero attached hydrogens (tertiary/aromatic N) is 3. The lowest BCUT2D eigenvalue weighted by atomic mass is 10.2. The highest BCUT2D eigenvalue weighted by Crippen LogP contribution is 2.27. The van der Waals surface area contributed by atoms with Crippen LogP contribution >= 0.6 is 11.8 Å². The topological polar surface area (TPSA) is 125 Å². The van der Waals surface area contributed by atoms with Crippen molar-refractivity contribution < 1.29 is 32.1 Å². The van der Waals surface area contributed by atoms with E-state index in [1.807, 2.05) is 0 Å². The summed E-state index contributed by atoms with van der Waals surface area (Å²) < 4.78 is 61.2. The van der Waals surface area contributed by atoms with Gasteiger partial charge in [0.15, 0.2) is 16.8 Å². The zero-order valence-corrected chi connectivity index (χ0v) is 18.2. The second-order valence-corrected chi connectivity index (χ2v) is 9.42. The molecule has 3 rings (SSSR count). The summed E-state index contributed by atoms with van der Waals surface area (Å²) >= 11 is 0.951. The highest BCUT2D eigenvalue weighted by molar-refractivity contribution is 7.98. The van der Waals surface area contributed by atoms with Crippen LogP contribution in [0.15, 0.2) is 29.4 Å². The highest BCUT2D eigenvalue weighted by atomic mass is 32.2. The minimum atomic E-state index is -3.81. The molecule has 1 unspecified atom stereocenters. The molecule has 1 aliphatic rings. The standard InChI is InChI=1S/C18H22F2N4O5S2/c1-11(14(26)9-25)29-16-8-15(23-31(27,28)24-6-3-7-24)21-18(22-16)30-10-12-4-2-5-13(19)17(12)20/h2,4-5,8,11,14,25-26H,3,6-7,9-10H2,1H3,(H,21,22,23)/t11-,14?/m1/s1. The molecule has 170 valence electrons. The van der Waals surface area contributed by atoms with Crippen molar-refractivity contribution in [1.29, 1.82) is 0 Å². The maximum Gasteiger partial charge on any atom is 0.302 e. The average Bonchev–Trinajstić information content (AvgIpc) is 2.66. The molecule has 13 heteroatoms. The lowest BCUT2D eigenvalue weighted by Crippen LogP contribution is -2.45. The molecule has 1 aromatic heterocycles. The largest absolute Gasteiger partial charge is 0.472 e. The fraction of sp³-hybridized carbons (Fsp3) is 0.444. The van der Waals surface area contributed by atoms with Gasteiger partial charge in [-0.1, -0.05) is 23.9 Å². The van der Waals surface area contributed by atoms with Crippen molar-refractivity contribution in [2.45, 2.75) is 36.5 Å². The first-order valence-corrected chi connectivity index (χ1v) is 11.8. The Balaban J connectivity index is 1.83. The minimum absolute atomic E-state index is 0.0137. The van der Waals surface area contributed by atoms with E-state index in [1.54, 1.807) is 0 Å². The van der Waals surface area contributed by atoms with Crippen LogP contribution in [-0.4, -0.2) is 64.8 Å². The first kappa shape index (κ1) is 23.6. The number of hydrogen-bond acceptors (Lipinski definition) is 8.